The lowest BCUT2D eigenvalue weighted by Gasteiger charge is -2.37. The highest BCUT2D eigenvalue weighted by Crippen LogP contribution is 2.41. The van der Waals surface area contributed by atoms with E-state index in [9.17, 15) is 0 Å². The monoisotopic (exact) mass is 498 g/mol. The fourth-order valence-corrected chi connectivity index (χ4v) is 4.69. The van der Waals surface area contributed by atoms with Gasteiger partial charge in [0.25, 0.3) is 0 Å². The van der Waals surface area contributed by atoms with Crippen LogP contribution in [0, 0.1) is 0 Å². The van der Waals surface area contributed by atoms with E-state index in [2.05, 4.69) is 46.6 Å². The summed E-state index contributed by atoms with van der Waals surface area (Å²) in [6, 6.07) is 21.4. The summed E-state index contributed by atoms with van der Waals surface area (Å²) in [6.45, 7) is 2.85. The van der Waals surface area contributed by atoms with Crippen molar-refractivity contribution < 1.29 is 18.9 Å². The van der Waals surface area contributed by atoms with Crippen LogP contribution < -0.4 is 29.2 Å². The number of halogens is 1. The molecule has 1 fully saturated rings. The van der Waals surface area contributed by atoms with Crippen LogP contribution in [0.3, 0.4) is 0 Å². The number of hydrogen-bond donors (Lipinski definition) is 1. The molecular weight excluding hydrogens is 464 g/mol. The van der Waals surface area contributed by atoms with E-state index in [0.29, 0.717) is 23.3 Å². The first kappa shape index (κ1) is 26.5. The Kier molecular flexibility index (Phi) is 9.52. The summed E-state index contributed by atoms with van der Waals surface area (Å²) < 4.78 is 22.3. The Balaban J connectivity index is 0.00000342. The van der Waals surface area contributed by atoms with E-state index >= 15 is 0 Å². The molecule has 0 saturated carbocycles. The van der Waals surface area contributed by atoms with E-state index < -0.39 is 0 Å². The Hall–Kier alpha value is -3.09. The van der Waals surface area contributed by atoms with E-state index in [-0.39, 0.29) is 12.4 Å². The second-order valence-electron chi connectivity index (χ2n) is 8.40. The van der Waals surface area contributed by atoms with Gasteiger partial charge in [0.15, 0.2) is 11.5 Å². The van der Waals surface area contributed by atoms with Crippen molar-refractivity contribution >= 4 is 18.1 Å². The number of nitrogens with zero attached hydrogens (tertiary/aromatic N) is 1. The molecule has 0 atom stereocenters. The molecule has 3 aromatic carbocycles. The summed E-state index contributed by atoms with van der Waals surface area (Å²) in [6.07, 6.45) is 2.20. The molecule has 1 N–H and O–H groups in total. The number of hydrogen-bond acceptors (Lipinski definition) is 6. The molecule has 7 heteroatoms. The van der Waals surface area contributed by atoms with E-state index in [1.807, 2.05) is 24.3 Å². The van der Waals surface area contributed by atoms with Gasteiger partial charge in [-0.3, -0.25) is 0 Å². The molecule has 1 heterocycles. The van der Waals surface area contributed by atoms with Gasteiger partial charge in [-0.15, -0.1) is 12.4 Å². The molecule has 4 rings (SSSR count). The van der Waals surface area contributed by atoms with Gasteiger partial charge in [-0.2, -0.15) is 0 Å². The van der Waals surface area contributed by atoms with Crippen molar-refractivity contribution in [1.82, 2.24) is 5.32 Å². The Morgan fingerprint density at radius 1 is 0.743 bits per heavy atom. The largest absolute Gasteiger partial charge is 0.495 e. The summed E-state index contributed by atoms with van der Waals surface area (Å²) in [4.78, 5) is 2.49. The minimum atomic E-state index is 0. The summed E-state index contributed by atoms with van der Waals surface area (Å²) in [7, 11) is 6.64. The van der Waals surface area contributed by atoms with Crippen LogP contribution in [0.25, 0.3) is 11.1 Å². The Labute approximate surface area is 214 Å². The lowest BCUT2D eigenvalue weighted by molar-refractivity contribution is 0.324. The van der Waals surface area contributed by atoms with Crippen molar-refractivity contribution in [2.24, 2.45) is 0 Å². The smallest absolute Gasteiger partial charge is 0.203 e. The van der Waals surface area contributed by atoms with Gasteiger partial charge in [0.1, 0.15) is 5.75 Å². The maximum Gasteiger partial charge on any atom is 0.203 e. The van der Waals surface area contributed by atoms with E-state index in [1.54, 1.807) is 28.4 Å². The summed E-state index contributed by atoms with van der Waals surface area (Å²) in [5.41, 5.74) is 4.48. The van der Waals surface area contributed by atoms with Gasteiger partial charge < -0.3 is 29.2 Å². The van der Waals surface area contributed by atoms with Crippen LogP contribution in [0.15, 0.2) is 60.7 Å². The predicted octanol–water partition coefficient (Wildman–Crippen LogP) is 5.57. The number of ether oxygens (including phenoxy) is 4. The summed E-state index contributed by atoms with van der Waals surface area (Å²) in [5, 5.41) is 3.48. The maximum atomic E-state index is 5.72. The number of benzene rings is 3. The van der Waals surface area contributed by atoms with Crippen LogP contribution in [0.1, 0.15) is 18.4 Å². The quantitative estimate of drug-likeness (QED) is 0.416. The predicted molar refractivity (Wildman–Crippen MR) is 144 cm³/mol. The number of para-hydroxylation sites is 2. The number of piperidine rings is 1. The molecule has 0 aromatic heterocycles. The number of methoxy groups -OCH3 is 4. The molecule has 0 bridgehead atoms. The minimum Gasteiger partial charge on any atom is -0.495 e. The topological polar surface area (TPSA) is 52.2 Å². The molecule has 0 spiro atoms. The molecule has 6 nitrogen and oxygen atoms in total. The van der Waals surface area contributed by atoms with Crippen molar-refractivity contribution in [3.05, 3.63) is 66.2 Å². The third-order valence-electron chi connectivity index (χ3n) is 6.42. The fraction of sp³-hybridized carbons (Fsp3) is 0.357. The molecule has 0 radical (unpaired) electrons. The SMILES string of the molecule is COc1ccccc1N(Cc1cccc(-c2cc(OC)c(OC)c(OC)c2)c1)C1CCNCC1.Cl. The Morgan fingerprint density at radius 3 is 2.03 bits per heavy atom. The molecule has 1 aliphatic rings. The van der Waals surface area contributed by atoms with Crippen LogP contribution in [-0.2, 0) is 6.54 Å². The molecule has 1 saturated heterocycles. The lowest BCUT2D eigenvalue weighted by atomic mass is 9.99. The third kappa shape index (κ3) is 5.95. The Morgan fingerprint density at radius 2 is 1.40 bits per heavy atom. The van der Waals surface area contributed by atoms with Crippen molar-refractivity contribution in [3.63, 3.8) is 0 Å². The van der Waals surface area contributed by atoms with Crippen molar-refractivity contribution in [2.75, 3.05) is 46.4 Å². The normalized spacial score (nSPS) is 13.5. The summed E-state index contributed by atoms with van der Waals surface area (Å²) >= 11 is 0. The molecule has 3 aromatic rings. The third-order valence-corrected chi connectivity index (χ3v) is 6.42. The first-order valence-corrected chi connectivity index (χ1v) is 11.7. The molecule has 0 unspecified atom stereocenters. The molecular formula is C28H35ClN2O4. The van der Waals surface area contributed by atoms with Crippen LogP contribution in [0.4, 0.5) is 5.69 Å². The molecule has 1 aliphatic heterocycles. The summed E-state index contributed by atoms with van der Waals surface area (Å²) in [5.74, 6) is 2.79. The van der Waals surface area contributed by atoms with Gasteiger partial charge in [-0.1, -0.05) is 30.3 Å². The maximum absolute atomic E-state index is 5.72. The highest BCUT2D eigenvalue weighted by molar-refractivity contribution is 5.85. The molecule has 188 valence electrons. The molecule has 0 amide bonds. The van der Waals surface area contributed by atoms with Crippen molar-refractivity contribution in [3.8, 4) is 34.1 Å². The van der Waals surface area contributed by atoms with Gasteiger partial charge in [0.2, 0.25) is 5.75 Å². The van der Waals surface area contributed by atoms with Crippen LogP contribution >= 0.6 is 12.4 Å². The van der Waals surface area contributed by atoms with E-state index in [1.165, 1.54) is 5.56 Å². The zero-order valence-corrected chi connectivity index (χ0v) is 21.7. The van der Waals surface area contributed by atoms with Gasteiger partial charge in [0.05, 0.1) is 34.1 Å². The van der Waals surface area contributed by atoms with Crippen LogP contribution in [-0.4, -0.2) is 47.6 Å². The minimum absolute atomic E-state index is 0. The Bertz CT molecular complexity index is 1080. The van der Waals surface area contributed by atoms with E-state index in [4.69, 9.17) is 18.9 Å². The van der Waals surface area contributed by atoms with Crippen LogP contribution in [0.2, 0.25) is 0 Å². The molecule has 35 heavy (non-hydrogen) atoms. The number of anilines is 1. The average molecular weight is 499 g/mol. The number of rotatable bonds is 9. The van der Waals surface area contributed by atoms with Gasteiger partial charge in [0, 0.05) is 12.6 Å². The molecule has 0 aliphatic carbocycles. The van der Waals surface area contributed by atoms with Crippen molar-refractivity contribution in [2.45, 2.75) is 25.4 Å². The van der Waals surface area contributed by atoms with E-state index in [0.717, 1.165) is 55.0 Å². The van der Waals surface area contributed by atoms with Crippen LogP contribution in [0.5, 0.6) is 23.0 Å². The zero-order valence-electron chi connectivity index (χ0n) is 20.9. The lowest BCUT2D eigenvalue weighted by Crippen LogP contribution is -2.43. The van der Waals surface area contributed by atoms with Crippen molar-refractivity contribution in [1.29, 1.82) is 0 Å². The highest BCUT2D eigenvalue weighted by atomic mass is 35.5. The van der Waals surface area contributed by atoms with Gasteiger partial charge in [-0.05, 0) is 73.0 Å². The van der Waals surface area contributed by atoms with Gasteiger partial charge in [-0.25, -0.2) is 0 Å². The van der Waals surface area contributed by atoms with Gasteiger partial charge >= 0.3 is 0 Å². The second kappa shape index (κ2) is 12.6. The number of nitrogens with one attached hydrogen (secondary N) is 1. The second-order valence-corrected chi connectivity index (χ2v) is 8.40. The highest BCUT2D eigenvalue weighted by Gasteiger charge is 2.24. The fourth-order valence-electron chi connectivity index (χ4n) is 4.69. The standard InChI is InChI=1S/C28H34N2O4.ClH/c1-31-25-11-6-5-10-24(25)30(23-12-14-29-15-13-23)19-20-8-7-9-21(16-20)22-17-26(32-2)28(34-4)27(18-22)33-3;/h5-11,16-18,23,29H,12-15,19H2,1-4H3;1H. The average Bonchev–Trinajstić information content (AvgIpc) is 2.91. The zero-order chi connectivity index (χ0) is 23.9. The first-order chi connectivity index (χ1) is 16.7. The first-order valence-electron chi connectivity index (χ1n) is 11.7.